The smallest absolute Gasteiger partial charge is 0.165 e. The molecule has 3 rings (SSSR count). The predicted molar refractivity (Wildman–Crippen MR) is 75.2 cm³/mol. The Morgan fingerprint density at radius 3 is 2.89 bits per heavy atom. The van der Waals surface area contributed by atoms with Gasteiger partial charge in [0.2, 0.25) is 0 Å². The highest BCUT2D eigenvalue weighted by atomic mass is 32.1. The Kier molecular flexibility index (Phi) is 2.83. The molecule has 5 heteroatoms. The zero-order valence-electron chi connectivity index (χ0n) is 10.2. The number of ether oxygens (including phenoxy) is 1. The molecule has 0 bridgehead atoms. The van der Waals surface area contributed by atoms with Crippen LogP contribution < -0.4 is 10.5 Å². The average molecular weight is 274 g/mol. The third-order valence-corrected chi connectivity index (χ3v) is 3.60. The van der Waals surface area contributed by atoms with E-state index in [1.54, 1.807) is 23.7 Å². The molecule has 2 N–H and O–H groups in total. The second-order valence-corrected chi connectivity index (χ2v) is 5.10. The van der Waals surface area contributed by atoms with Gasteiger partial charge in [-0.05, 0) is 36.8 Å². The second-order valence-electron chi connectivity index (χ2n) is 4.21. The van der Waals surface area contributed by atoms with E-state index in [2.05, 4.69) is 4.98 Å². The van der Waals surface area contributed by atoms with Crippen molar-refractivity contribution < 1.29 is 9.13 Å². The van der Waals surface area contributed by atoms with E-state index in [1.165, 1.54) is 17.4 Å². The van der Waals surface area contributed by atoms with Crippen LogP contribution >= 0.6 is 11.3 Å². The van der Waals surface area contributed by atoms with Gasteiger partial charge in [0.15, 0.2) is 17.3 Å². The van der Waals surface area contributed by atoms with Gasteiger partial charge in [-0.2, -0.15) is 0 Å². The molecule has 0 amide bonds. The normalized spacial score (nSPS) is 10.8. The molecule has 0 atom stereocenters. The molecule has 0 saturated carbocycles. The summed E-state index contributed by atoms with van der Waals surface area (Å²) in [7, 11) is 0. The highest BCUT2D eigenvalue weighted by Gasteiger charge is 2.11. The Morgan fingerprint density at radius 1 is 1.21 bits per heavy atom. The quantitative estimate of drug-likeness (QED) is 0.715. The average Bonchev–Trinajstić information content (AvgIpc) is 2.86. The number of nitrogens with zero attached hydrogens (tertiary/aromatic N) is 1. The number of hydrogen-bond donors (Lipinski definition) is 1. The zero-order chi connectivity index (χ0) is 13.4. The van der Waals surface area contributed by atoms with E-state index in [0.717, 1.165) is 10.3 Å². The van der Waals surface area contributed by atoms with Crippen LogP contribution in [0.2, 0.25) is 0 Å². The Morgan fingerprint density at radius 2 is 2.05 bits per heavy atom. The number of anilines is 1. The topological polar surface area (TPSA) is 48.1 Å². The molecule has 0 aliphatic rings. The van der Waals surface area contributed by atoms with Crippen LogP contribution in [0.15, 0.2) is 35.8 Å². The Bertz CT molecular complexity index is 754. The third kappa shape index (κ3) is 2.13. The molecule has 3 aromatic rings. The van der Waals surface area contributed by atoms with Gasteiger partial charge in [0.1, 0.15) is 11.2 Å². The SMILES string of the molecule is Cc1ccc(F)c(Oc2ccc3scnc3c2N)c1. The summed E-state index contributed by atoms with van der Waals surface area (Å²) in [4.78, 5) is 4.18. The molecule has 0 fully saturated rings. The fourth-order valence-electron chi connectivity index (χ4n) is 1.83. The van der Waals surface area contributed by atoms with Crippen LogP contribution in [0.3, 0.4) is 0 Å². The first-order chi connectivity index (χ1) is 9.15. The largest absolute Gasteiger partial charge is 0.452 e. The van der Waals surface area contributed by atoms with Gasteiger partial charge in [-0.15, -0.1) is 11.3 Å². The minimum atomic E-state index is -0.414. The van der Waals surface area contributed by atoms with Crippen molar-refractivity contribution in [2.75, 3.05) is 5.73 Å². The minimum absolute atomic E-state index is 0.168. The van der Waals surface area contributed by atoms with Gasteiger partial charge in [-0.25, -0.2) is 9.37 Å². The highest BCUT2D eigenvalue weighted by molar-refractivity contribution is 7.16. The summed E-state index contributed by atoms with van der Waals surface area (Å²) >= 11 is 1.50. The maximum atomic E-state index is 13.7. The molecule has 96 valence electrons. The van der Waals surface area contributed by atoms with Gasteiger partial charge in [-0.1, -0.05) is 6.07 Å². The first kappa shape index (κ1) is 11.9. The van der Waals surface area contributed by atoms with Crippen molar-refractivity contribution in [3.05, 3.63) is 47.2 Å². The number of benzene rings is 2. The first-order valence-corrected chi connectivity index (χ1v) is 6.59. The molecule has 0 radical (unpaired) electrons. The van der Waals surface area contributed by atoms with Crippen LogP contribution in [-0.2, 0) is 0 Å². The van der Waals surface area contributed by atoms with Gasteiger partial charge < -0.3 is 10.5 Å². The molecule has 0 spiro atoms. The molecule has 1 heterocycles. The van der Waals surface area contributed by atoms with Crippen LogP contribution in [0.4, 0.5) is 10.1 Å². The molecular weight excluding hydrogens is 263 g/mol. The summed E-state index contributed by atoms with van der Waals surface area (Å²) < 4.78 is 20.2. The Balaban J connectivity index is 2.05. The molecule has 19 heavy (non-hydrogen) atoms. The summed E-state index contributed by atoms with van der Waals surface area (Å²) in [5.41, 5.74) is 9.76. The number of nitrogen functional groups attached to an aromatic ring is 1. The van der Waals surface area contributed by atoms with Crippen molar-refractivity contribution in [1.29, 1.82) is 0 Å². The molecular formula is C14H11FN2OS. The lowest BCUT2D eigenvalue weighted by Gasteiger charge is -2.10. The van der Waals surface area contributed by atoms with E-state index in [1.807, 2.05) is 13.0 Å². The maximum absolute atomic E-state index is 13.7. The molecule has 0 unspecified atom stereocenters. The number of aryl methyl sites for hydroxylation is 1. The van der Waals surface area contributed by atoms with Gasteiger partial charge in [-0.3, -0.25) is 0 Å². The molecule has 0 saturated heterocycles. The summed E-state index contributed by atoms with van der Waals surface area (Å²) in [6.07, 6.45) is 0. The van der Waals surface area contributed by atoms with E-state index in [-0.39, 0.29) is 5.75 Å². The van der Waals surface area contributed by atoms with Crippen molar-refractivity contribution in [3.8, 4) is 11.5 Å². The van der Waals surface area contributed by atoms with E-state index >= 15 is 0 Å². The van der Waals surface area contributed by atoms with Crippen molar-refractivity contribution in [2.45, 2.75) is 6.92 Å². The van der Waals surface area contributed by atoms with Crippen LogP contribution in [0.25, 0.3) is 10.2 Å². The number of thiazole rings is 1. The second kappa shape index (κ2) is 4.51. The fraction of sp³-hybridized carbons (Fsp3) is 0.0714. The van der Waals surface area contributed by atoms with E-state index in [4.69, 9.17) is 10.5 Å². The Hall–Kier alpha value is -2.14. The summed E-state index contributed by atoms with van der Waals surface area (Å²) in [5, 5.41) is 0. The standard InChI is InChI=1S/C14H11FN2OS/c1-8-2-3-9(15)11(6-8)18-10-4-5-12-14(13(10)16)17-7-19-12/h2-7H,16H2,1H3. The fourth-order valence-corrected chi connectivity index (χ4v) is 2.52. The summed E-state index contributed by atoms with van der Waals surface area (Å²) in [6.45, 7) is 1.87. The van der Waals surface area contributed by atoms with Crippen molar-refractivity contribution >= 4 is 27.2 Å². The van der Waals surface area contributed by atoms with E-state index in [9.17, 15) is 4.39 Å². The number of halogens is 1. The molecule has 1 aromatic heterocycles. The Labute approximate surface area is 113 Å². The zero-order valence-corrected chi connectivity index (χ0v) is 11.0. The van der Waals surface area contributed by atoms with Crippen LogP contribution in [0.1, 0.15) is 5.56 Å². The number of fused-ring (bicyclic) bond motifs is 1. The number of hydrogen-bond acceptors (Lipinski definition) is 4. The van der Waals surface area contributed by atoms with Gasteiger partial charge in [0.25, 0.3) is 0 Å². The lowest BCUT2D eigenvalue weighted by Crippen LogP contribution is -1.95. The summed E-state index contributed by atoms with van der Waals surface area (Å²) in [6, 6.07) is 8.31. The van der Waals surface area contributed by atoms with Gasteiger partial charge >= 0.3 is 0 Å². The van der Waals surface area contributed by atoms with Crippen LogP contribution in [-0.4, -0.2) is 4.98 Å². The monoisotopic (exact) mass is 274 g/mol. The van der Waals surface area contributed by atoms with E-state index in [0.29, 0.717) is 17.0 Å². The number of rotatable bonds is 2. The maximum Gasteiger partial charge on any atom is 0.165 e. The minimum Gasteiger partial charge on any atom is -0.452 e. The first-order valence-electron chi connectivity index (χ1n) is 5.71. The number of nitrogens with two attached hydrogens (primary N) is 1. The van der Waals surface area contributed by atoms with E-state index < -0.39 is 5.82 Å². The molecule has 0 aliphatic carbocycles. The molecule has 0 aliphatic heterocycles. The molecule has 2 aromatic carbocycles. The molecule has 3 nitrogen and oxygen atoms in total. The van der Waals surface area contributed by atoms with Crippen molar-refractivity contribution in [3.63, 3.8) is 0 Å². The predicted octanol–water partition coefficient (Wildman–Crippen LogP) is 4.12. The lowest BCUT2D eigenvalue weighted by molar-refractivity contribution is 0.444. The van der Waals surface area contributed by atoms with Crippen LogP contribution in [0, 0.1) is 12.7 Å². The lowest BCUT2D eigenvalue weighted by atomic mass is 10.2. The summed E-state index contributed by atoms with van der Waals surface area (Å²) in [5.74, 6) is 0.174. The van der Waals surface area contributed by atoms with Crippen LogP contribution in [0.5, 0.6) is 11.5 Å². The number of aromatic nitrogens is 1. The highest BCUT2D eigenvalue weighted by Crippen LogP contribution is 2.35. The van der Waals surface area contributed by atoms with Gasteiger partial charge in [0.05, 0.1) is 10.2 Å². The van der Waals surface area contributed by atoms with Crippen molar-refractivity contribution in [2.24, 2.45) is 0 Å². The third-order valence-electron chi connectivity index (χ3n) is 2.81. The van der Waals surface area contributed by atoms with Crippen molar-refractivity contribution in [1.82, 2.24) is 4.98 Å². The van der Waals surface area contributed by atoms with Gasteiger partial charge in [0, 0.05) is 0 Å².